The minimum atomic E-state index is 0.0694. The van der Waals surface area contributed by atoms with E-state index in [1.807, 2.05) is 48.5 Å². The lowest BCUT2D eigenvalue weighted by Crippen LogP contribution is -2.43. The maximum atomic E-state index is 12.0. The fourth-order valence-electron chi connectivity index (χ4n) is 3.66. The third kappa shape index (κ3) is 3.47. The van der Waals surface area contributed by atoms with Crippen LogP contribution in [0.4, 0.5) is 0 Å². The molecular formula is C20H19BrN2O2. The molecule has 4 nitrogen and oxygen atoms in total. The van der Waals surface area contributed by atoms with Gasteiger partial charge in [0, 0.05) is 16.3 Å². The Morgan fingerprint density at radius 3 is 2.20 bits per heavy atom. The Hall–Kier alpha value is -2.14. The molecule has 1 aliphatic carbocycles. The molecule has 2 aromatic carbocycles. The number of halogens is 1. The van der Waals surface area contributed by atoms with Gasteiger partial charge >= 0.3 is 0 Å². The Morgan fingerprint density at radius 1 is 0.920 bits per heavy atom. The van der Waals surface area contributed by atoms with Crippen molar-refractivity contribution in [3.8, 4) is 11.5 Å². The van der Waals surface area contributed by atoms with E-state index >= 15 is 0 Å². The van der Waals surface area contributed by atoms with Gasteiger partial charge in [-0.15, -0.1) is 0 Å². The van der Waals surface area contributed by atoms with Crippen molar-refractivity contribution >= 4 is 27.5 Å². The Bertz CT molecular complexity index is 799. The highest BCUT2D eigenvalue weighted by atomic mass is 79.9. The molecule has 0 radical (unpaired) electrons. The van der Waals surface area contributed by atoms with Crippen LogP contribution in [0, 0.1) is 11.8 Å². The zero-order chi connectivity index (χ0) is 17.2. The molecule has 4 rings (SSSR count). The van der Waals surface area contributed by atoms with Crippen molar-refractivity contribution in [3.05, 3.63) is 58.6 Å². The van der Waals surface area contributed by atoms with Crippen molar-refractivity contribution in [1.82, 2.24) is 5.43 Å². The summed E-state index contributed by atoms with van der Waals surface area (Å²) in [6.07, 6.45) is 4.29. The molecule has 128 valence electrons. The van der Waals surface area contributed by atoms with Crippen LogP contribution in [0.2, 0.25) is 0 Å². The normalized spacial score (nSPS) is 22.6. The van der Waals surface area contributed by atoms with E-state index in [0.29, 0.717) is 0 Å². The summed E-state index contributed by atoms with van der Waals surface area (Å²) in [6.45, 7) is 0. The average molecular weight is 399 g/mol. The zero-order valence-corrected chi connectivity index (χ0v) is 15.3. The molecular weight excluding hydrogens is 380 g/mol. The topological polar surface area (TPSA) is 50.7 Å². The summed E-state index contributed by atoms with van der Waals surface area (Å²) in [6, 6.07) is 15.7. The minimum Gasteiger partial charge on any atom is -0.457 e. The van der Waals surface area contributed by atoms with Gasteiger partial charge in [0.2, 0.25) is 5.91 Å². The second-order valence-electron chi connectivity index (χ2n) is 6.55. The second kappa shape index (κ2) is 7.00. The molecule has 1 heterocycles. The maximum absolute atomic E-state index is 12.0. The third-order valence-corrected chi connectivity index (χ3v) is 5.47. The number of benzene rings is 2. The molecule has 5 heteroatoms. The molecule has 1 saturated carbocycles. The first-order valence-corrected chi connectivity index (χ1v) is 9.41. The summed E-state index contributed by atoms with van der Waals surface area (Å²) in [4.78, 5) is 12.0. The molecule has 0 aromatic heterocycles. The molecule has 2 unspecified atom stereocenters. The molecule has 1 N–H and O–H groups in total. The van der Waals surface area contributed by atoms with Crippen LogP contribution < -0.4 is 10.2 Å². The predicted molar refractivity (Wildman–Crippen MR) is 101 cm³/mol. The standard InChI is InChI=1S/C20H19BrN2O2/c21-14-7-11-16(12-8-14)25-15-9-5-13(6-10-15)19-17-3-1-2-4-18(17)20(24)23-22-19/h5-12,17-18H,1-4H2,(H,23,24). The van der Waals surface area contributed by atoms with Crippen molar-refractivity contribution in [1.29, 1.82) is 0 Å². The molecule has 0 spiro atoms. The Morgan fingerprint density at radius 2 is 1.52 bits per heavy atom. The maximum Gasteiger partial charge on any atom is 0.243 e. The number of carbonyl (C=O) groups is 1. The van der Waals surface area contributed by atoms with Crippen molar-refractivity contribution in [2.24, 2.45) is 16.9 Å². The lowest BCUT2D eigenvalue weighted by Gasteiger charge is -2.34. The molecule has 0 saturated heterocycles. The lowest BCUT2D eigenvalue weighted by atomic mass is 9.74. The summed E-state index contributed by atoms with van der Waals surface area (Å²) in [5.41, 5.74) is 4.76. The third-order valence-electron chi connectivity index (χ3n) is 4.94. The number of amides is 1. The van der Waals surface area contributed by atoms with Gasteiger partial charge in [-0.1, -0.05) is 28.8 Å². The van der Waals surface area contributed by atoms with Crippen molar-refractivity contribution in [2.75, 3.05) is 0 Å². The highest BCUT2D eigenvalue weighted by molar-refractivity contribution is 9.10. The molecule has 0 bridgehead atoms. The van der Waals surface area contributed by atoms with Crippen LogP contribution in [0.25, 0.3) is 0 Å². The van der Waals surface area contributed by atoms with Crippen LogP contribution in [0.15, 0.2) is 58.1 Å². The average Bonchev–Trinajstić information content (AvgIpc) is 2.65. The van der Waals surface area contributed by atoms with E-state index in [9.17, 15) is 4.79 Å². The van der Waals surface area contributed by atoms with Crippen LogP contribution in [0.1, 0.15) is 31.2 Å². The number of rotatable bonds is 3. The monoisotopic (exact) mass is 398 g/mol. The molecule has 2 atom stereocenters. The zero-order valence-electron chi connectivity index (χ0n) is 13.7. The Kier molecular flexibility index (Phi) is 4.57. The number of nitrogens with one attached hydrogen (secondary N) is 1. The summed E-state index contributed by atoms with van der Waals surface area (Å²) in [7, 11) is 0. The number of nitrogens with zero attached hydrogens (tertiary/aromatic N) is 1. The summed E-state index contributed by atoms with van der Waals surface area (Å²) in [5.74, 6) is 1.96. The number of hydrogen-bond acceptors (Lipinski definition) is 3. The molecule has 1 amide bonds. The molecule has 25 heavy (non-hydrogen) atoms. The van der Waals surface area contributed by atoms with Gasteiger partial charge in [-0.05, 0) is 66.9 Å². The molecule has 1 aliphatic heterocycles. The predicted octanol–water partition coefficient (Wildman–Crippen LogP) is 4.88. The van der Waals surface area contributed by atoms with Crippen LogP contribution >= 0.6 is 15.9 Å². The van der Waals surface area contributed by atoms with Crippen molar-refractivity contribution in [3.63, 3.8) is 0 Å². The number of hydrogen-bond donors (Lipinski definition) is 1. The molecule has 2 aromatic rings. The highest BCUT2D eigenvalue weighted by Crippen LogP contribution is 2.35. The number of ether oxygens (including phenoxy) is 1. The van der Waals surface area contributed by atoms with E-state index < -0.39 is 0 Å². The van der Waals surface area contributed by atoms with Crippen LogP contribution in [0.3, 0.4) is 0 Å². The SMILES string of the molecule is O=C1NN=C(c2ccc(Oc3ccc(Br)cc3)cc2)C2CCCCC12. The van der Waals surface area contributed by atoms with E-state index in [0.717, 1.165) is 52.9 Å². The van der Waals surface area contributed by atoms with Crippen LogP contribution in [-0.2, 0) is 4.79 Å². The fraction of sp³-hybridized carbons (Fsp3) is 0.300. The summed E-state index contributed by atoms with van der Waals surface area (Å²) in [5, 5.41) is 4.36. The Balaban J connectivity index is 1.53. The smallest absolute Gasteiger partial charge is 0.243 e. The van der Waals surface area contributed by atoms with Crippen LogP contribution in [0.5, 0.6) is 11.5 Å². The van der Waals surface area contributed by atoms with E-state index in [1.54, 1.807) is 0 Å². The van der Waals surface area contributed by atoms with Gasteiger partial charge in [0.25, 0.3) is 0 Å². The minimum absolute atomic E-state index is 0.0694. The first-order chi connectivity index (χ1) is 12.2. The number of carbonyl (C=O) groups excluding carboxylic acids is 1. The number of hydrazone groups is 1. The lowest BCUT2D eigenvalue weighted by molar-refractivity contribution is -0.127. The number of fused-ring (bicyclic) bond motifs is 1. The van der Waals surface area contributed by atoms with E-state index in [4.69, 9.17) is 4.74 Å². The first-order valence-electron chi connectivity index (χ1n) is 8.62. The molecule has 1 fully saturated rings. The van der Waals surface area contributed by atoms with E-state index in [-0.39, 0.29) is 17.7 Å². The van der Waals surface area contributed by atoms with Gasteiger partial charge < -0.3 is 4.74 Å². The second-order valence-corrected chi connectivity index (χ2v) is 7.47. The largest absolute Gasteiger partial charge is 0.457 e. The van der Waals surface area contributed by atoms with Gasteiger partial charge in [0.15, 0.2) is 0 Å². The summed E-state index contributed by atoms with van der Waals surface area (Å²) >= 11 is 3.42. The Labute approximate surface area is 155 Å². The van der Waals surface area contributed by atoms with E-state index in [2.05, 4.69) is 26.5 Å². The van der Waals surface area contributed by atoms with Crippen molar-refractivity contribution in [2.45, 2.75) is 25.7 Å². The van der Waals surface area contributed by atoms with Gasteiger partial charge in [0.1, 0.15) is 11.5 Å². The quantitative estimate of drug-likeness (QED) is 0.800. The first kappa shape index (κ1) is 16.3. The fourth-order valence-corrected chi connectivity index (χ4v) is 3.93. The van der Waals surface area contributed by atoms with Crippen molar-refractivity contribution < 1.29 is 9.53 Å². The van der Waals surface area contributed by atoms with Gasteiger partial charge in [0.05, 0.1) is 5.71 Å². The summed E-state index contributed by atoms with van der Waals surface area (Å²) < 4.78 is 6.89. The molecule has 2 aliphatic rings. The van der Waals surface area contributed by atoms with Crippen LogP contribution in [-0.4, -0.2) is 11.6 Å². The highest BCUT2D eigenvalue weighted by Gasteiger charge is 2.37. The van der Waals surface area contributed by atoms with Gasteiger partial charge in [-0.25, -0.2) is 5.43 Å². The van der Waals surface area contributed by atoms with Gasteiger partial charge in [-0.3, -0.25) is 4.79 Å². The van der Waals surface area contributed by atoms with Gasteiger partial charge in [-0.2, -0.15) is 5.10 Å². The van der Waals surface area contributed by atoms with E-state index in [1.165, 1.54) is 0 Å².